The Balaban J connectivity index is 2.41. The standard InChI is InChI=1S/C16H23NO2/c1-15(2,3)12-9-11(5-6-13(12)19-4)14(18)16(10-17)7-8-16/h5-6,9H,7-8,10,17H2,1-4H3. The molecule has 1 saturated carbocycles. The Bertz CT molecular complexity index is 496. The molecular formula is C16H23NO2. The lowest BCUT2D eigenvalue weighted by atomic mass is 9.83. The molecule has 104 valence electrons. The summed E-state index contributed by atoms with van der Waals surface area (Å²) in [4.78, 5) is 12.5. The van der Waals surface area contributed by atoms with Crippen LogP contribution in [0.3, 0.4) is 0 Å². The van der Waals surface area contributed by atoms with Gasteiger partial charge in [-0.1, -0.05) is 20.8 Å². The number of ether oxygens (including phenoxy) is 1. The largest absolute Gasteiger partial charge is 0.496 e. The molecule has 19 heavy (non-hydrogen) atoms. The van der Waals surface area contributed by atoms with E-state index in [0.29, 0.717) is 6.54 Å². The summed E-state index contributed by atoms with van der Waals surface area (Å²) >= 11 is 0. The van der Waals surface area contributed by atoms with Crippen molar-refractivity contribution >= 4 is 5.78 Å². The lowest BCUT2D eigenvalue weighted by Crippen LogP contribution is -2.26. The molecule has 0 saturated heterocycles. The van der Waals surface area contributed by atoms with Gasteiger partial charge in [0, 0.05) is 23.1 Å². The number of hydrogen-bond donors (Lipinski definition) is 1. The maximum atomic E-state index is 12.5. The summed E-state index contributed by atoms with van der Waals surface area (Å²) in [7, 11) is 1.66. The number of nitrogens with two attached hydrogens (primary N) is 1. The summed E-state index contributed by atoms with van der Waals surface area (Å²) in [5.74, 6) is 1.02. The summed E-state index contributed by atoms with van der Waals surface area (Å²) in [6.45, 7) is 6.81. The molecule has 0 atom stereocenters. The zero-order valence-electron chi connectivity index (χ0n) is 12.2. The minimum atomic E-state index is -0.288. The first-order chi connectivity index (χ1) is 8.84. The maximum Gasteiger partial charge on any atom is 0.170 e. The average molecular weight is 261 g/mol. The highest BCUT2D eigenvalue weighted by atomic mass is 16.5. The van der Waals surface area contributed by atoms with E-state index >= 15 is 0 Å². The summed E-state index contributed by atoms with van der Waals surface area (Å²) in [5.41, 5.74) is 7.22. The fourth-order valence-electron chi connectivity index (χ4n) is 2.42. The van der Waals surface area contributed by atoms with Crippen LogP contribution in [0.2, 0.25) is 0 Å². The van der Waals surface area contributed by atoms with Crippen LogP contribution in [0, 0.1) is 5.41 Å². The minimum Gasteiger partial charge on any atom is -0.496 e. The molecule has 0 bridgehead atoms. The van der Waals surface area contributed by atoms with E-state index in [2.05, 4.69) is 20.8 Å². The number of ketones is 1. The first-order valence-electron chi connectivity index (χ1n) is 6.77. The molecule has 0 aromatic heterocycles. The zero-order valence-corrected chi connectivity index (χ0v) is 12.2. The highest BCUT2D eigenvalue weighted by molar-refractivity contribution is 6.02. The second-order valence-electron chi connectivity index (χ2n) is 6.48. The molecular weight excluding hydrogens is 238 g/mol. The van der Waals surface area contributed by atoms with Gasteiger partial charge in [0.05, 0.1) is 7.11 Å². The quantitative estimate of drug-likeness (QED) is 0.848. The van der Waals surface area contributed by atoms with Gasteiger partial charge in [0.1, 0.15) is 5.75 Å². The molecule has 0 spiro atoms. The summed E-state index contributed by atoms with van der Waals surface area (Å²) in [5, 5.41) is 0. The Hall–Kier alpha value is -1.35. The molecule has 1 aliphatic rings. The van der Waals surface area contributed by atoms with Gasteiger partial charge in [-0.05, 0) is 36.5 Å². The fourth-order valence-corrected chi connectivity index (χ4v) is 2.42. The zero-order chi connectivity index (χ0) is 14.3. The Labute approximate surface area is 115 Å². The number of hydrogen-bond acceptors (Lipinski definition) is 3. The highest BCUT2D eigenvalue weighted by Gasteiger charge is 2.48. The normalized spacial score (nSPS) is 17.1. The lowest BCUT2D eigenvalue weighted by Gasteiger charge is -2.23. The van der Waals surface area contributed by atoms with Crippen LogP contribution in [-0.4, -0.2) is 19.4 Å². The van der Waals surface area contributed by atoms with Crippen molar-refractivity contribution in [1.82, 2.24) is 0 Å². The summed E-state index contributed by atoms with van der Waals surface area (Å²) in [6.07, 6.45) is 1.83. The van der Waals surface area contributed by atoms with Gasteiger partial charge in [-0.15, -0.1) is 0 Å². The Morgan fingerprint density at radius 3 is 2.42 bits per heavy atom. The van der Waals surface area contributed by atoms with Gasteiger partial charge in [0.2, 0.25) is 0 Å². The molecule has 1 fully saturated rings. The number of methoxy groups -OCH3 is 1. The van der Waals surface area contributed by atoms with E-state index in [9.17, 15) is 4.79 Å². The van der Waals surface area contributed by atoms with E-state index < -0.39 is 0 Å². The fraction of sp³-hybridized carbons (Fsp3) is 0.562. The minimum absolute atomic E-state index is 0.0545. The van der Waals surface area contributed by atoms with Crippen LogP contribution in [0.25, 0.3) is 0 Å². The van der Waals surface area contributed by atoms with Gasteiger partial charge >= 0.3 is 0 Å². The van der Waals surface area contributed by atoms with Gasteiger partial charge in [0.25, 0.3) is 0 Å². The smallest absolute Gasteiger partial charge is 0.170 e. The van der Waals surface area contributed by atoms with Crippen molar-refractivity contribution in [1.29, 1.82) is 0 Å². The monoisotopic (exact) mass is 261 g/mol. The molecule has 2 N–H and O–H groups in total. The van der Waals surface area contributed by atoms with Crippen molar-refractivity contribution in [2.75, 3.05) is 13.7 Å². The average Bonchev–Trinajstić information content (AvgIpc) is 3.17. The lowest BCUT2D eigenvalue weighted by molar-refractivity contribution is 0.0905. The van der Waals surface area contributed by atoms with Crippen LogP contribution in [0.5, 0.6) is 5.75 Å². The van der Waals surface area contributed by atoms with Crippen LogP contribution >= 0.6 is 0 Å². The molecule has 1 aromatic carbocycles. The molecule has 0 aliphatic heterocycles. The number of benzene rings is 1. The molecule has 2 rings (SSSR count). The Kier molecular flexibility index (Phi) is 3.43. The van der Waals surface area contributed by atoms with Crippen LogP contribution in [0.15, 0.2) is 18.2 Å². The Morgan fingerprint density at radius 1 is 1.37 bits per heavy atom. The molecule has 0 amide bonds. The van der Waals surface area contributed by atoms with E-state index in [0.717, 1.165) is 29.7 Å². The number of carbonyl (C=O) groups is 1. The number of carbonyl (C=O) groups excluding carboxylic acids is 1. The number of Topliss-reactive ketones (excluding diaryl/α,β-unsaturated/α-hetero) is 1. The molecule has 0 unspecified atom stereocenters. The van der Waals surface area contributed by atoms with Gasteiger partial charge in [-0.2, -0.15) is 0 Å². The SMILES string of the molecule is COc1ccc(C(=O)C2(CN)CC2)cc1C(C)(C)C. The summed E-state index contributed by atoms with van der Waals surface area (Å²) < 4.78 is 5.40. The first kappa shape index (κ1) is 14.1. The third-order valence-corrected chi connectivity index (χ3v) is 4.00. The van der Waals surface area contributed by atoms with E-state index in [4.69, 9.17) is 10.5 Å². The predicted molar refractivity (Wildman–Crippen MR) is 76.7 cm³/mol. The van der Waals surface area contributed by atoms with Gasteiger partial charge in [0.15, 0.2) is 5.78 Å². The van der Waals surface area contributed by atoms with Crippen LogP contribution in [0.1, 0.15) is 49.5 Å². The van der Waals surface area contributed by atoms with E-state index in [1.54, 1.807) is 7.11 Å². The van der Waals surface area contributed by atoms with Crippen molar-refractivity contribution in [3.05, 3.63) is 29.3 Å². The molecule has 1 aromatic rings. The second-order valence-corrected chi connectivity index (χ2v) is 6.48. The number of rotatable bonds is 4. The Morgan fingerprint density at radius 2 is 2.00 bits per heavy atom. The molecule has 0 heterocycles. The second kappa shape index (κ2) is 4.64. The molecule has 3 heteroatoms. The molecule has 3 nitrogen and oxygen atoms in total. The van der Waals surface area contributed by atoms with Crippen molar-refractivity contribution in [2.24, 2.45) is 11.1 Å². The molecule has 1 aliphatic carbocycles. The highest BCUT2D eigenvalue weighted by Crippen LogP contribution is 2.47. The summed E-state index contributed by atoms with van der Waals surface area (Å²) in [6, 6.07) is 5.71. The maximum absolute atomic E-state index is 12.5. The van der Waals surface area contributed by atoms with Crippen LogP contribution in [-0.2, 0) is 5.41 Å². The third-order valence-electron chi connectivity index (χ3n) is 4.00. The van der Waals surface area contributed by atoms with Crippen molar-refractivity contribution < 1.29 is 9.53 Å². The van der Waals surface area contributed by atoms with Crippen molar-refractivity contribution in [2.45, 2.75) is 39.0 Å². The predicted octanol–water partition coefficient (Wildman–Crippen LogP) is 2.91. The van der Waals surface area contributed by atoms with Gasteiger partial charge in [-0.3, -0.25) is 4.79 Å². The van der Waals surface area contributed by atoms with Crippen LogP contribution in [0.4, 0.5) is 0 Å². The van der Waals surface area contributed by atoms with E-state index in [-0.39, 0.29) is 16.6 Å². The topological polar surface area (TPSA) is 52.3 Å². The third kappa shape index (κ3) is 2.52. The van der Waals surface area contributed by atoms with Gasteiger partial charge < -0.3 is 10.5 Å². The van der Waals surface area contributed by atoms with Crippen molar-refractivity contribution in [3.63, 3.8) is 0 Å². The van der Waals surface area contributed by atoms with Gasteiger partial charge in [-0.25, -0.2) is 0 Å². The van der Waals surface area contributed by atoms with Crippen LogP contribution < -0.4 is 10.5 Å². The first-order valence-corrected chi connectivity index (χ1v) is 6.77. The van der Waals surface area contributed by atoms with E-state index in [1.807, 2.05) is 18.2 Å². The van der Waals surface area contributed by atoms with Crippen molar-refractivity contribution in [3.8, 4) is 5.75 Å². The molecule has 0 radical (unpaired) electrons. The van der Waals surface area contributed by atoms with E-state index in [1.165, 1.54) is 0 Å².